The van der Waals surface area contributed by atoms with E-state index in [1.54, 1.807) is 10.9 Å². The van der Waals surface area contributed by atoms with Crippen molar-refractivity contribution in [1.29, 1.82) is 0 Å². The average molecular weight is 299 g/mol. The topological polar surface area (TPSA) is 55.9 Å². The van der Waals surface area contributed by atoms with Gasteiger partial charge >= 0.3 is 0 Å². The summed E-state index contributed by atoms with van der Waals surface area (Å²) in [6.07, 6.45) is 3.03. The van der Waals surface area contributed by atoms with E-state index in [0.717, 1.165) is 15.9 Å². The molecule has 0 saturated heterocycles. The van der Waals surface area contributed by atoms with Gasteiger partial charge in [-0.2, -0.15) is 10.2 Å². The molecular formula is C11H15BrN4O. The SMILES string of the molecule is Cc1nn(CC(O)Cn2cccn2)c(C)c1Br. The number of aliphatic hydroxyl groups excluding tert-OH is 1. The van der Waals surface area contributed by atoms with Gasteiger partial charge in [0, 0.05) is 18.1 Å². The van der Waals surface area contributed by atoms with Crippen LogP contribution in [0.4, 0.5) is 0 Å². The van der Waals surface area contributed by atoms with Crippen LogP contribution in [0.25, 0.3) is 0 Å². The Kier molecular flexibility index (Phi) is 3.63. The molecule has 0 saturated carbocycles. The monoisotopic (exact) mass is 298 g/mol. The summed E-state index contributed by atoms with van der Waals surface area (Å²) in [5.74, 6) is 0. The molecule has 0 aliphatic carbocycles. The third kappa shape index (κ3) is 2.76. The Bertz CT molecular complexity index is 492. The number of aliphatic hydroxyl groups is 1. The van der Waals surface area contributed by atoms with Crippen molar-refractivity contribution < 1.29 is 5.11 Å². The molecule has 2 heterocycles. The van der Waals surface area contributed by atoms with Crippen LogP contribution in [0.1, 0.15) is 11.4 Å². The van der Waals surface area contributed by atoms with Gasteiger partial charge in [-0.1, -0.05) is 0 Å². The van der Waals surface area contributed by atoms with Gasteiger partial charge in [-0.15, -0.1) is 0 Å². The first-order valence-corrected chi connectivity index (χ1v) is 6.22. The van der Waals surface area contributed by atoms with Crippen molar-refractivity contribution in [2.75, 3.05) is 0 Å². The van der Waals surface area contributed by atoms with E-state index in [1.807, 2.05) is 30.8 Å². The minimum absolute atomic E-state index is 0.470. The summed E-state index contributed by atoms with van der Waals surface area (Å²) in [7, 11) is 0. The van der Waals surface area contributed by atoms with Crippen LogP contribution in [-0.2, 0) is 13.1 Å². The molecule has 0 amide bonds. The number of halogens is 1. The second kappa shape index (κ2) is 5.01. The minimum Gasteiger partial charge on any atom is -0.389 e. The van der Waals surface area contributed by atoms with Gasteiger partial charge in [0.2, 0.25) is 0 Å². The van der Waals surface area contributed by atoms with Crippen molar-refractivity contribution in [3.63, 3.8) is 0 Å². The zero-order valence-corrected chi connectivity index (χ0v) is 11.4. The number of hydrogen-bond acceptors (Lipinski definition) is 3. The lowest BCUT2D eigenvalue weighted by Crippen LogP contribution is -2.23. The molecule has 92 valence electrons. The molecule has 2 aromatic heterocycles. The molecule has 0 spiro atoms. The molecule has 1 atom stereocenters. The maximum atomic E-state index is 9.96. The van der Waals surface area contributed by atoms with Gasteiger partial charge in [0.1, 0.15) is 0 Å². The third-order valence-electron chi connectivity index (χ3n) is 2.63. The molecule has 0 fully saturated rings. The summed E-state index contributed by atoms with van der Waals surface area (Å²) in [5.41, 5.74) is 1.97. The van der Waals surface area contributed by atoms with Crippen LogP contribution in [0, 0.1) is 13.8 Å². The molecule has 2 aromatic rings. The van der Waals surface area contributed by atoms with E-state index >= 15 is 0 Å². The van der Waals surface area contributed by atoms with Gasteiger partial charge in [0.05, 0.1) is 29.4 Å². The molecule has 0 aliphatic heterocycles. The van der Waals surface area contributed by atoms with E-state index in [1.165, 1.54) is 0 Å². The Morgan fingerprint density at radius 2 is 2.18 bits per heavy atom. The van der Waals surface area contributed by atoms with E-state index in [0.29, 0.717) is 13.1 Å². The van der Waals surface area contributed by atoms with Crippen LogP contribution in [0.3, 0.4) is 0 Å². The lowest BCUT2D eigenvalue weighted by atomic mass is 10.3. The highest BCUT2D eigenvalue weighted by atomic mass is 79.9. The molecule has 0 bridgehead atoms. The average Bonchev–Trinajstić information content (AvgIpc) is 2.85. The second-order valence-electron chi connectivity index (χ2n) is 4.05. The van der Waals surface area contributed by atoms with Crippen molar-refractivity contribution >= 4 is 15.9 Å². The molecule has 2 rings (SSSR count). The maximum Gasteiger partial charge on any atom is 0.0931 e. The Morgan fingerprint density at radius 1 is 1.41 bits per heavy atom. The Labute approximate surface area is 108 Å². The standard InChI is InChI=1S/C11H15BrN4O/c1-8-11(12)9(2)16(14-8)7-10(17)6-15-5-3-4-13-15/h3-5,10,17H,6-7H2,1-2H3. The van der Waals surface area contributed by atoms with Gasteiger partial charge in [-0.25, -0.2) is 0 Å². The van der Waals surface area contributed by atoms with Crippen LogP contribution in [-0.4, -0.2) is 30.8 Å². The number of hydrogen-bond donors (Lipinski definition) is 1. The fourth-order valence-electron chi connectivity index (χ4n) is 1.73. The van der Waals surface area contributed by atoms with Crippen molar-refractivity contribution in [3.8, 4) is 0 Å². The lowest BCUT2D eigenvalue weighted by molar-refractivity contribution is 0.125. The smallest absolute Gasteiger partial charge is 0.0931 e. The Morgan fingerprint density at radius 3 is 2.71 bits per heavy atom. The molecular weight excluding hydrogens is 284 g/mol. The van der Waals surface area contributed by atoms with Gasteiger partial charge in [-0.05, 0) is 35.8 Å². The number of nitrogens with zero attached hydrogens (tertiary/aromatic N) is 4. The van der Waals surface area contributed by atoms with E-state index in [9.17, 15) is 5.11 Å². The molecule has 0 aliphatic rings. The van der Waals surface area contributed by atoms with Crippen molar-refractivity contribution in [2.24, 2.45) is 0 Å². The van der Waals surface area contributed by atoms with Crippen LogP contribution in [0.2, 0.25) is 0 Å². The third-order valence-corrected chi connectivity index (χ3v) is 3.78. The Hall–Kier alpha value is -1.14. The number of aryl methyl sites for hydroxylation is 1. The molecule has 1 N–H and O–H groups in total. The quantitative estimate of drug-likeness (QED) is 0.931. The highest BCUT2D eigenvalue weighted by Crippen LogP contribution is 2.19. The molecule has 5 nitrogen and oxygen atoms in total. The van der Waals surface area contributed by atoms with E-state index in [-0.39, 0.29) is 0 Å². The summed E-state index contributed by atoms with van der Waals surface area (Å²) in [4.78, 5) is 0. The van der Waals surface area contributed by atoms with Crippen LogP contribution in [0.5, 0.6) is 0 Å². The largest absolute Gasteiger partial charge is 0.389 e. The first kappa shape index (κ1) is 12.3. The fourth-order valence-corrected chi connectivity index (χ4v) is 2.02. The summed E-state index contributed by atoms with van der Waals surface area (Å²) in [6, 6.07) is 1.84. The highest BCUT2D eigenvalue weighted by molar-refractivity contribution is 9.10. The van der Waals surface area contributed by atoms with E-state index in [2.05, 4.69) is 26.1 Å². The maximum absolute atomic E-state index is 9.96. The van der Waals surface area contributed by atoms with Gasteiger partial charge < -0.3 is 5.11 Å². The van der Waals surface area contributed by atoms with Crippen molar-refractivity contribution in [1.82, 2.24) is 19.6 Å². The predicted molar refractivity (Wildman–Crippen MR) is 67.6 cm³/mol. The summed E-state index contributed by atoms with van der Waals surface area (Å²) in [6.45, 7) is 4.86. The normalized spacial score (nSPS) is 12.9. The van der Waals surface area contributed by atoms with E-state index < -0.39 is 6.10 Å². The molecule has 17 heavy (non-hydrogen) atoms. The molecule has 6 heteroatoms. The number of rotatable bonds is 4. The van der Waals surface area contributed by atoms with Crippen molar-refractivity contribution in [2.45, 2.75) is 33.0 Å². The molecule has 0 radical (unpaired) electrons. The van der Waals surface area contributed by atoms with E-state index in [4.69, 9.17) is 0 Å². The minimum atomic E-state index is -0.500. The lowest BCUT2D eigenvalue weighted by Gasteiger charge is -2.12. The Balaban J connectivity index is 2.03. The summed E-state index contributed by atoms with van der Waals surface area (Å²) in [5, 5.41) is 18.4. The van der Waals surface area contributed by atoms with Crippen LogP contribution >= 0.6 is 15.9 Å². The first-order chi connectivity index (χ1) is 8.08. The fraction of sp³-hybridized carbons (Fsp3) is 0.455. The van der Waals surface area contributed by atoms with Gasteiger partial charge in [0.25, 0.3) is 0 Å². The zero-order chi connectivity index (χ0) is 12.4. The summed E-state index contributed by atoms with van der Waals surface area (Å²) < 4.78 is 4.53. The summed E-state index contributed by atoms with van der Waals surface area (Å²) >= 11 is 3.47. The van der Waals surface area contributed by atoms with Crippen molar-refractivity contribution in [3.05, 3.63) is 34.3 Å². The molecule has 1 unspecified atom stereocenters. The second-order valence-corrected chi connectivity index (χ2v) is 4.84. The predicted octanol–water partition coefficient (Wildman–Crippen LogP) is 1.52. The molecule has 0 aromatic carbocycles. The van der Waals surface area contributed by atoms with Gasteiger partial charge in [0.15, 0.2) is 0 Å². The van der Waals surface area contributed by atoms with Crippen LogP contribution in [0.15, 0.2) is 22.9 Å². The number of aromatic nitrogens is 4. The van der Waals surface area contributed by atoms with Crippen LogP contribution < -0.4 is 0 Å². The van der Waals surface area contributed by atoms with Gasteiger partial charge in [-0.3, -0.25) is 9.36 Å². The first-order valence-electron chi connectivity index (χ1n) is 5.43. The zero-order valence-electron chi connectivity index (χ0n) is 9.84. The highest BCUT2D eigenvalue weighted by Gasteiger charge is 2.12.